The monoisotopic (exact) mass is 439 g/mol. The molecule has 29 heavy (non-hydrogen) atoms. The first kappa shape index (κ1) is 21.8. The second-order valence-corrected chi connectivity index (χ2v) is 9.92. The molecule has 1 fully saturated rings. The molecule has 1 saturated heterocycles. The highest BCUT2D eigenvalue weighted by atomic mass is 35.5. The van der Waals surface area contributed by atoms with Crippen LogP contribution >= 0.6 is 23.4 Å². The first-order valence-electron chi connectivity index (χ1n) is 9.65. The van der Waals surface area contributed by atoms with Crippen LogP contribution in [0, 0.1) is 0 Å². The van der Waals surface area contributed by atoms with Crippen LogP contribution in [0.3, 0.4) is 0 Å². The number of hydrogen-bond acceptors (Lipinski definition) is 5. The fourth-order valence-corrected chi connectivity index (χ4v) is 4.55. The Bertz CT molecular complexity index is 803. The number of halogens is 1. The molecular formula is C20H26ClN3O4S. The lowest BCUT2D eigenvalue weighted by atomic mass is 10.0. The quantitative estimate of drug-likeness (QED) is 0.750. The number of nitrogens with zero attached hydrogens (tertiary/aromatic N) is 1. The Balaban J connectivity index is 1.48. The van der Waals surface area contributed by atoms with Crippen molar-refractivity contribution >= 4 is 47.0 Å². The van der Waals surface area contributed by atoms with Gasteiger partial charge in [0.15, 0.2) is 0 Å². The number of likely N-dealkylation sites (tertiary alicyclic amines) is 1. The summed E-state index contributed by atoms with van der Waals surface area (Å²) in [6.07, 6.45) is 1.03. The van der Waals surface area contributed by atoms with Gasteiger partial charge in [-0.3, -0.25) is 9.59 Å². The van der Waals surface area contributed by atoms with E-state index < -0.39 is 16.9 Å². The predicted octanol–water partition coefficient (Wildman–Crippen LogP) is 3.66. The van der Waals surface area contributed by atoms with Crippen LogP contribution in [0.5, 0.6) is 0 Å². The molecule has 1 aromatic rings. The minimum absolute atomic E-state index is 0.0159. The summed E-state index contributed by atoms with van der Waals surface area (Å²) in [5.41, 5.74) is 0.147. The molecule has 2 aliphatic heterocycles. The van der Waals surface area contributed by atoms with Crippen molar-refractivity contribution in [1.29, 1.82) is 0 Å². The molecule has 3 rings (SSSR count). The number of piperidine rings is 1. The summed E-state index contributed by atoms with van der Waals surface area (Å²) in [6, 6.07) is 5.32. The Labute approximate surface area is 179 Å². The van der Waals surface area contributed by atoms with E-state index in [1.54, 1.807) is 17.0 Å². The van der Waals surface area contributed by atoms with Crippen LogP contribution in [0.25, 0.3) is 0 Å². The number of ether oxygens (including phenoxy) is 1. The van der Waals surface area contributed by atoms with Gasteiger partial charge in [-0.25, -0.2) is 4.79 Å². The van der Waals surface area contributed by atoms with E-state index in [0.717, 1.165) is 4.90 Å². The number of benzene rings is 1. The summed E-state index contributed by atoms with van der Waals surface area (Å²) >= 11 is 7.35. The van der Waals surface area contributed by atoms with Gasteiger partial charge >= 0.3 is 6.09 Å². The summed E-state index contributed by atoms with van der Waals surface area (Å²) in [5.74, 6) is -0.231. The van der Waals surface area contributed by atoms with Crippen LogP contribution in [0.15, 0.2) is 23.1 Å². The highest BCUT2D eigenvalue weighted by molar-refractivity contribution is 8.01. The zero-order valence-electron chi connectivity index (χ0n) is 16.8. The van der Waals surface area contributed by atoms with Crippen LogP contribution in [0.4, 0.5) is 10.5 Å². The standard InChI is InChI=1S/C20H26ClN3O4S/c1-20(2,3)28-19(27)22-13-6-8-24(9-7-13)17(25)11-16-18(26)23-14-10-12(21)4-5-15(14)29-16/h4-5,10,13,16H,6-9,11H2,1-3H3,(H,22,27)(H,23,26). The first-order valence-corrected chi connectivity index (χ1v) is 10.9. The van der Waals surface area contributed by atoms with E-state index in [-0.39, 0.29) is 24.3 Å². The number of alkyl carbamates (subject to hydrolysis) is 1. The summed E-state index contributed by atoms with van der Waals surface area (Å²) in [7, 11) is 0. The highest BCUT2D eigenvalue weighted by Gasteiger charge is 2.32. The van der Waals surface area contributed by atoms with Crippen molar-refractivity contribution in [3.63, 3.8) is 0 Å². The van der Waals surface area contributed by atoms with Gasteiger partial charge in [0.1, 0.15) is 5.60 Å². The molecule has 1 unspecified atom stereocenters. The molecular weight excluding hydrogens is 414 g/mol. The van der Waals surface area contributed by atoms with Gasteiger partial charge in [0.25, 0.3) is 0 Å². The van der Waals surface area contributed by atoms with Gasteiger partial charge in [-0.2, -0.15) is 0 Å². The number of anilines is 1. The third-order valence-corrected chi connectivity index (χ3v) is 6.20. The molecule has 0 bridgehead atoms. The molecule has 1 atom stereocenters. The Morgan fingerprint density at radius 3 is 2.66 bits per heavy atom. The average molecular weight is 440 g/mol. The lowest BCUT2D eigenvalue weighted by molar-refractivity contribution is -0.133. The lowest BCUT2D eigenvalue weighted by Gasteiger charge is -2.34. The van der Waals surface area contributed by atoms with Gasteiger partial charge in [0.2, 0.25) is 11.8 Å². The largest absolute Gasteiger partial charge is 0.444 e. The zero-order chi connectivity index (χ0) is 21.2. The van der Waals surface area contributed by atoms with Crippen molar-refractivity contribution < 1.29 is 19.1 Å². The van der Waals surface area contributed by atoms with E-state index in [1.165, 1.54) is 11.8 Å². The maximum Gasteiger partial charge on any atom is 0.407 e. The van der Waals surface area contributed by atoms with Crippen LogP contribution in [0.1, 0.15) is 40.0 Å². The number of carbonyl (C=O) groups excluding carboxylic acids is 3. The third-order valence-electron chi connectivity index (χ3n) is 4.69. The second-order valence-electron chi connectivity index (χ2n) is 8.24. The number of carbonyl (C=O) groups is 3. The summed E-state index contributed by atoms with van der Waals surface area (Å²) in [6.45, 7) is 6.55. The number of hydrogen-bond donors (Lipinski definition) is 2. The Morgan fingerprint density at radius 2 is 2.00 bits per heavy atom. The van der Waals surface area contributed by atoms with Crippen molar-refractivity contribution in [1.82, 2.24) is 10.2 Å². The average Bonchev–Trinajstić information content (AvgIpc) is 2.61. The number of fused-ring (bicyclic) bond motifs is 1. The normalized spacial score (nSPS) is 19.9. The van der Waals surface area contributed by atoms with E-state index in [9.17, 15) is 14.4 Å². The Hall–Kier alpha value is -1.93. The maximum absolute atomic E-state index is 12.7. The molecule has 0 radical (unpaired) electrons. The number of thioether (sulfide) groups is 1. The van der Waals surface area contributed by atoms with Gasteiger partial charge in [-0.05, 0) is 51.8 Å². The fraction of sp³-hybridized carbons (Fsp3) is 0.550. The molecule has 7 nitrogen and oxygen atoms in total. The number of amides is 3. The van der Waals surface area contributed by atoms with Crippen molar-refractivity contribution in [2.24, 2.45) is 0 Å². The van der Waals surface area contributed by atoms with Crippen molar-refractivity contribution in [3.8, 4) is 0 Å². The Morgan fingerprint density at radius 1 is 1.31 bits per heavy atom. The van der Waals surface area contributed by atoms with Crippen molar-refractivity contribution in [3.05, 3.63) is 23.2 Å². The SMILES string of the molecule is CC(C)(C)OC(=O)NC1CCN(C(=O)CC2Sc3ccc(Cl)cc3NC2=O)CC1. The minimum Gasteiger partial charge on any atom is -0.444 e. The summed E-state index contributed by atoms with van der Waals surface area (Å²) < 4.78 is 5.28. The Kier molecular flexibility index (Phi) is 6.63. The van der Waals surface area contributed by atoms with E-state index in [2.05, 4.69) is 10.6 Å². The predicted molar refractivity (Wildman–Crippen MR) is 113 cm³/mol. The summed E-state index contributed by atoms with van der Waals surface area (Å²) in [5, 5.41) is 5.78. The van der Waals surface area contributed by atoms with Crippen LogP contribution < -0.4 is 10.6 Å². The zero-order valence-corrected chi connectivity index (χ0v) is 18.4. The third kappa shape index (κ3) is 6.02. The molecule has 0 aromatic heterocycles. The second kappa shape index (κ2) is 8.83. The van der Waals surface area contributed by atoms with E-state index in [1.807, 2.05) is 26.8 Å². The molecule has 0 saturated carbocycles. The highest BCUT2D eigenvalue weighted by Crippen LogP contribution is 2.38. The van der Waals surface area contributed by atoms with Gasteiger partial charge in [-0.15, -0.1) is 11.8 Å². The number of rotatable bonds is 3. The van der Waals surface area contributed by atoms with E-state index >= 15 is 0 Å². The maximum atomic E-state index is 12.7. The molecule has 2 N–H and O–H groups in total. The number of nitrogens with one attached hydrogen (secondary N) is 2. The first-order chi connectivity index (χ1) is 13.6. The van der Waals surface area contributed by atoms with Crippen LogP contribution in [-0.2, 0) is 14.3 Å². The molecule has 9 heteroatoms. The molecule has 2 heterocycles. The van der Waals surface area contributed by atoms with E-state index in [4.69, 9.17) is 16.3 Å². The summed E-state index contributed by atoms with van der Waals surface area (Å²) in [4.78, 5) is 39.6. The van der Waals surface area contributed by atoms with Crippen LogP contribution in [-0.4, -0.2) is 52.8 Å². The molecule has 2 aliphatic rings. The van der Waals surface area contributed by atoms with Gasteiger partial charge in [0.05, 0.1) is 10.9 Å². The van der Waals surface area contributed by atoms with Crippen molar-refractivity contribution in [2.45, 2.75) is 61.8 Å². The fourth-order valence-electron chi connectivity index (χ4n) is 3.29. The van der Waals surface area contributed by atoms with Crippen molar-refractivity contribution in [2.75, 3.05) is 18.4 Å². The van der Waals surface area contributed by atoms with Gasteiger partial charge in [0, 0.05) is 35.5 Å². The topological polar surface area (TPSA) is 87.7 Å². The lowest BCUT2D eigenvalue weighted by Crippen LogP contribution is -2.48. The minimum atomic E-state index is -0.539. The smallest absolute Gasteiger partial charge is 0.407 e. The van der Waals surface area contributed by atoms with Gasteiger partial charge < -0.3 is 20.3 Å². The van der Waals surface area contributed by atoms with Gasteiger partial charge in [-0.1, -0.05) is 11.6 Å². The molecule has 0 aliphatic carbocycles. The molecule has 3 amide bonds. The van der Waals surface area contributed by atoms with E-state index in [0.29, 0.717) is 36.6 Å². The molecule has 1 aromatic carbocycles. The van der Waals surface area contributed by atoms with Crippen LogP contribution in [0.2, 0.25) is 5.02 Å². The molecule has 158 valence electrons. The molecule has 0 spiro atoms.